The molecular weight excluding hydrogens is 488 g/mol. The fourth-order valence-corrected chi connectivity index (χ4v) is 5.82. The Morgan fingerprint density at radius 3 is 2.68 bits per heavy atom. The van der Waals surface area contributed by atoms with E-state index >= 15 is 0 Å². The summed E-state index contributed by atoms with van der Waals surface area (Å²) in [5, 5.41) is 8.30. The van der Waals surface area contributed by atoms with Crippen molar-refractivity contribution in [1.29, 1.82) is 0 Å². The lowest BCUT2D eigenvalue weighted by Crippen LogP contribution is -2.39. The van der Waals surface area contributed by atoms with E-state index in [2.05, 4.69) is 24.1 Å². The molecule has 3 aliphatic rings. The Kier molecular flexibility index (Phi) is 6.31. The molecule has 3 fully saturated rings. The maximum atomic E-state index is 13.9. The summed E-state index contributed by atoms with van der Waals surface area (Å²) in [7, 11) is 0. The Balaban J connectivity index is 1.31. The van der Waals surface area contributed by atoms with Gasteiger partial charge in [0.05, 0.1) is 23.0 Å². The van der Waals surface area contributed by atoms with E-state index in [1.165, 1.54) is 6.42 Å². The van der Waals surface area contributed by atoms with Crippen molar-refractivity contribution < 1.29 is 9.59 Å². The van der Waals surface area contributed by atoms with E-state index in [0.29, 0.717) is 28.7 Å². The number of benzene rings is 1. The fourth-order valence-electron chi connectivity index (χ4n) is 5.65. The summed E-state index contributed by atoms with van der Waals surface area (Å²) >= 11 is 6.30. The van der Waals surface area contributed by atoms with Crippen LogP contribution in [0.3, 0.4) is 0 Å². The molecule has 1 aliphatic carbocycles. The molecule has 0 unspecified atom stereocenters. The maximum absolute atomic E-state index is 13.9. The minimum Gasteiger partial charge on any atom is -0.356 e. The van der Waals surface area contributed by atoms with Gasteiger partial charge >= 0.3 is 0 Å². The van der Waals surface area contributed by atoms with E-state index in [9.17, 15) is 9.59 Å². The molecule has 2 aliphatic heterocycles. The summed E-state index contributed by atoms with van der Waals surface area (Å²) in [5.41, 5.74) is 3.69. The third-order valence-electron chi connectivity index (χ3n) is 7.87. The number of rotatable bonds is 5. The highest BCUT2D eigenvalue weighted by molar-refractivity contribution is 6.31. The third-order valence-corrected chi connectivity index (χ3v) is 8.11. The van der Waals surface area contributed by atoms with Crippen molar-refractivity contribution in [3.63, 3.8) is 0 Å². The zero-order valence-electron chi connectivity index (χ0n) is 21.4. The van der Waals surface area contributed by atoms with Crippen LogP contribution in [0.15, 0.2) is 30.5 Å². The van der Waals surface area contributed by atoms with E-state index in [-0.39, 0.29) is 23.8 Å². The van der Waals surface area contributed by atoms with Gasteiger partial charge in [-0.25, -0.2) is 9.50 Å². The van der Waals surface area contributed by atoms with Crippen LogP contribution in [-0.2, 0) is 4.79 Å². The molecule has 2 saturated heterocycles. The smallest absolute Gasteiger partial charge is 0.256 e. The Bertz CT molecular complexity index is 1370. The van der Waals surface area contributed by atoms with Crippen LogP contribution in [0.2, 0.25) is 5.02 Å². The summed E-state index contributed by atoms with van der Waals surface area (Å²) < 4.78 is 1.84. The van der Waals surface area contributed by atoms with E-state index in [0.717, 1.165) is 67.9 Å². The number of fused-ring (bicyclic) bond motifs is 1. The number of aryl methyl sites for hydroxylation is 1. The van der Waals surface area contributed by atoms with Gasteiger partial charge in [0, 0.05) is 48.4 Å². The van der Waals surface area contributed by atoms with Gasteiger partial charge in [0.2, 0.25) is 5.91 Å². The molecule has 0 radical (unpaired) electrons. The first-order chi connectivity index (χ1) is 17.9. The first kappa shape index (κ1) is 24.2. The third kappa shape index (κ3) is 4.79. The molecule has 2 aromatic heterocycles. The SMILES string of the molecule is Cc1cn2nc([C@@H]3CCCCN3C(=O)c3cc(Cl)ccc3NC(=O)C3CC3)cc2nc1N1CC[C@H](C)C1. The highest BCUT2D eigenvalue weighted by atomic mass is 35.5. The molecule has 1 aromatic carbocycles. The molecule has 4 heterocycles. The van der Waals surface area contributed by atoms with Crippen molar-refractivity contribution in [2.45, 2.75) is 58.4 Å². The zero-order valence-corrected chi connectivity index (χ0v) is 22.2. The monoisotopic (exact) mass is 520 g/mol. The summed E-state index contributed by atoms with van der Waals surface area (Å²) in [6.07, 6.45) is 7.80. The lowest BCUT2D eigenvalue weighted by Gasteiger charge is -2.35. The number of halogens is 1. The van der Waals surface area contributed by atoms with E-state index in [1.54, 1.807) is 18.2 Å². The van der Waals surface area contributed by atoms with Gasteiger partial charge in [-0.15, -0.1) is 0 Å². The number of likely N-dealkylation sites (tertiary alicyclic amines) is 1. The molecule has 9 heteroatoms. The number of carbonyl (C=O) groups excluding carboxylic acids is 2. The molecule has 1 N–H and O–H groups in total. The van der Waals surface area contributed by atoms with Crippen LogP contribution in [0.5, 0.6) is 0 Å². The standard InChI is InChI=1S/C28H33ClN6O2/c1-17-10-12-33(15-17)26-18(2)16-35-25(31-26)14-23(32-35)24-5-3-4-11-34(24)28(37)21-13-20(29)8-9-22(21)30-27(36)19-6-7-19/h8-9,13-14,16-17,19,24H,3-7,10-12,15H2,1-2H3,(H,30,36)/t17-,24-/m0/s1. The van der Waals surface area contributed by atoms with Gasteiger partial charge in [0.15, 0.2) is 5.65 Å². The molecule has 8 nitrogen and oxygen atoms in total. The molecule has 2 amide bonds. The van der Waals surface area contributed by atoms with Crippen molar-refractivity contribution in [3.8, 4) is 0 Å². The van der Waals surface area contributed by atoms with Crippen molar-refractivity contribution in [2.24, 2.45) is 11.8 Å². The molecular formula is C28H33ClN6O2. The lowest BCUT2D eigenvalue weighted by molar-refractivity contribution is -0.117. The highest BCUT2D eigenvalue weighted by Gasteiger charge is 2.34. The van der Waals surface area contributed by atoms with Crippen molar-refractivity contribution in [3.05, 3.63) is 52.3 Å². The van der Waals surface area contributed by atoms with Gasteiger partial charge in [-0.2, -0.15) is 5.10 Å². The summed E-state index contributed by atoms with van der Waals surface area (Å²) in [5.74, 6) is 1.58. The first-order valence-electron chi connectivity index (χ1n) is 13.4. The zero-order chi connectivity index (χ0) is 25.7. The Hall–Kier alpha value is -3.13. The summed E-state index contributed by atoms with van der Waals surface area (Å²) in [4.78, 5) is 35.6. The predicted octanol–water partition coefficient (Wildman–Crippen LogP) is 5.25. The second kappa shape index (κ2) is 9.63. The van der Waals surface area contributed by atoms with Gasteiger partial charge in [-0.1, -0.05) is 18.5 Å². The molecule has 6 rings (SSSR count). The minimum atomic E-state index is -0.163. The van der Waals surface area contributed by atoms with Crippen LogP contribution < -0.4 is 10.2 Å². The largest absolute Gasteiger partial charge is 0.356 e. The number of aromatic nitrogens is 3. The number of piperidine rings is 1. The van der Waals surface area contributed by atoms with Crippen molar-refractivity contribution in [2.75, 3.05) is 29.9 Å². The highest BCUT2D eigenvalue weighted by Crippen LogP contribution is 2.35. The molecule has 2 atom stereocenters. The van der Waals surface area contributed by atoms with E-state index in [1.807, 2.05) is 21.7 Å². The van der Waals surface area contributed by atoms with Crippen LogP contribution in [0.25, 0.3) is 5.65 Å². The summed E-state index contributed by atoms with van der Waals surface area (Å²) in [6.45, 7) is 7.04. The first-order valence-corrected chi connectivity index (χ1v) is 13.8. The van der Waals surface area contributed by atoms with Crippen LogP contribution in [-0.4, -0.2) is 50.9 Å². The normalized spacial score (nSPS) is 22.0. The predicted molar refractivity (Wildman–Crippen MR) is 144 cm³/mol. The van der Waals surface area contributed by atoms with Gasteiger partial charge in [-0.3, -0.25) is 9.59 Å². The van der Waals surface area contributed by atoms with Gasteiger partial charge in [0.25, 0.3) is 5.91 Å². The minimum absolute atomic E-state index is 0.0310. The lowest BCUT2D eigenvalue weighted by atomic mass is 9.98. The topological polar surface area (TPSA) is 82.8 Å². The van der Waals surface area contributed by atoms with Crippen LogP contribution in [0, 0.1) is 18.8 Å². The van der Waals surface area contributed by atoms with Gasteiger partial charge < -0.3 is 15.1 Å². The van der Waals surface area contributed by atoms with Gasteiger partial charge in [-0.05, 0) is 69.6 Å². The second-order valence-corrected chi connectivity index (χ2v) is 11.4. The molecule has 1 saturated carbocycles. The molecule has 37 heavy (non-hydrogen) atoms. The number of nitrogens with zero attached hydrogens (tertiary/aromatic N) is 5. The second-order valence-electron chi connectivity index (χ2n) is 10.9. The van der Waals surface area contributed by atoms with Crippen LogP contribution >= 0.6 is 11.6 Å². The number of hydrogen-bond donors (Lipinski definition) is 1. The number of carbonyl (C=O) groups is 2. The Morgan fingerprint density at radius 2 is 1.92 bits per heavy atom. The number of nitrogens with one attached hydrogen (secondary N) is 1. The van der Waals surface area contributed by atoms with E-state index in [4.69, 9.17) is 21.7 Å². The average Bonchev–Trinajstić information content (AvgIpc) is 3.54. The molecule has 3 aromatic rings. The quantitative estimate of drug-likeness (QED) is 0.496. The van der Waals surface area contributed by atoms with Crippen molar-refractivity contribution in [1.82, 2.24) is 19.5 Å². The molecule has 194 valence electrons. The van der Waals surface area contributed by atoms with Gasteiger partial charge in [0.1, 0.15) is 5.82 Å². The van der Waals surface area contributed by atoms with Crippen LogP contribution in [0.1, 0.15) is 73.1 Å². The average molecular weight is 521 g/mol. The Morgan fingerprint density at radius 1 is 1.08 bits per heavy atom. The number of anilines is 2. The van der Waals surface area contributed by atoms with Crippen LogP contribution in [0.4, 0.5) is 11.5 Å². The Labute approximate surface area is 222 Å². The van der Waals surface area contributed by atoms with E-state index < -0.39 is 0 Å². The van der Waals surface area contributed by atoms with Crippen molar-refractivity contribution >= 4 is 40.6 Å². The molecule has 0 bridgehead atoms. The number of amides is 2. The fraction of sp³-hybridized carbons (Fsp3) is 0.500. The number of hydrogen-bond acceptors (Lipinski definition) is 5. The summed E-state index contributed by atoms with van der Waals surface area (Å²) in [6, 6.07) is 6.96. The molecule has 0 spiro atoms. The maximum Gasteiger partial charge on any atom is 0.256 e.